The number of nitriles is 1. The Balaban J connectivity index is 1.74. The van der Waals surface area contributed by atoms with Crippen molar-refractivity contribution >= 4 is 33.9 Å². The molecule has 3 rings (SSSR count). The summed E-state index contributed by atoms with van der Waals surface area (Å²) < 4.78 is 22.4. The topological polar surface area (TPSA) is 127 Å². The van der Waals surface area contributed by atoms with Crippen LogP contribution in [0.5, 0.6) is 23.0 Å². The number of methoxy groups -OCH3 is 3. The number of carbonyl (C=O) groups is 2. The summed E-state index contributed by atoms with van der Waals surface area (Å²) in [5.74, 6) is 0.420. The number of carboxylic acid groups (broad SMARTS) is 1. The number of aromatic carboxylic acids is 1. The van der Waals surface area contributed by atoms with Gasteiger partial charge in [0.25, 0.3) is 5.91 Å². The highest BCUT2D eigenvalue weighted by Gasteiger charge is 2.15. The molecule has 0 aliphatic heterocycles. The van der Waals surface area contributed by atoms with Crippen molar-refractivity contribution in [2.45, 2.75) is 13.2 Å². The van der Waals surface area contributed by atoms with Crippen LogP contribution in [-0.4, -0.2) is 38.3 Å². The van der Waals surface area contributed by atoms with Crippen molar-refractivity contribution in [1.29, 1.82) is 5.26 Å². The van der Waals surface area contributed by atoms with Crippen LogP contribution in [0.25, 0.3) is 6.08 Å². The molecule has 0 fully saturated rings. The van der Waals surface area contributed by atoms with Crippen LogP contribution in [0.3, 0.4) is 0 Å². The standard InChI is InChI=1S/C28H25BrN2O7/c1-35-22-9-8-20(24(13-22)36-2)15-31-27(32)21(14-30)10-18-11-23(29)26(25(12-18)37-3)38-16-17-4-6-19(7-5-17)28(33)34/h4-13H,15-16H2,1-3H3,(H,31,32)(H,33,34)/b21-10+. The zero-order valence-electron chi connectivity index (χ0n) is 20.9. The lowest BCUT2D eigenvalue weighted by Crippen LogP contribution is -2.24. The second kappa shape index (κ2) is 13.2. The number of nitrogens with zero attached hydrogens (tertiary/aromatic N) is 1. The Morgan fingerprint density at radius 3 is 2.32 bits per heavy atom. The average molecular weight is 581 g/mol. The van der Waals surface area contributed by atoms with Gasteiger partial charge in [-0.2, -0.15) is 5.26 Å². The summed E-state index contributed by atoms with van der Waals surface area (Å²) in [7, 11) is 4.55. The summed E-state index contributed by atoms with van der Waals surface area (Å²) in [5.41, 5.74) is 2.12. The van der Waals surface area contributed by atoms with E-state index in [1.54, 1.807) is 49.6 Å². The Bertz CT molecular complexity index is 1400. The van der Waals surface area contributed by atoms with Crippen molar-refractivity contribution in [2.24, 2.45) is 0 Å². The first-order valence-electron chi connectivity index (χ1n) is 11.2. The van der Waals surface area contributed by atoms with E-state index in [2.05, 4.69) is 21.2 Å². The summed E-state index contributed by atoms with van der Waals surface area (Å²) in [6.45, 7) is 0.322. The number of carboxylic acids is 1. The third-order valence-corrected chi connectivity index (χ3v) is 6.03. The van der Waals surface area contributed by atoms with Gasteiger partial charge in [-0.25, -0.2) is 4.79 Å². The molecule has 38 heavy (non-hydrogen) atoms. The third kappa shape index (κ3) is 7.05. The molecule has 0 saturated heterocycles. The SMILES string of the molecule is COc1ccc(CNC(=O)/C(C#N)=C/c2cc(Br)c(OCc3ccc(C(=O)O)cc3)c(OC)c2)c(OC)c1. The van der Waals surface area contributed by atoms with E-state index < -0.39 is 11.9 Å². The number of benzene rings is 3. The summed E-state index contributed by atoms with van der Waals surface area (Å²) in [6.07, 6.45) is 1.45. The zero-order chi connectivity index (χ0) is 27.7. The van der Waals surface area contributed by atoms with Gasteiger partial charge in [-0.15, -0.1) is 0 Å². The molecule has 0 atom stereocenters. The molecule has 10 heteroatoms. The van der Waals surface area contributed by atoms with Gasteiger partial charge in [-0.1, -0.05) is 12.1 Å². The van der Waals surface area contributed by atoms with Crippen molar-refractivity contribution < 1.29 is 33.6 Å². The molecule has 0 spiro atoms. The van der Waals surface area contributed by atoms with Crippen molar-refractivity contribution in [3.63, 3.8) is 0 Å². The maximum Gasteiger partial charge on any atom is 0.335 e. The van der Waals surface area contributed by atoms with Crippen LogP contribution in [-0.2, 0) is 17.9 Å². The molecule has 2 N–H and O–H groups in total. The van der Waals surface area contributed by atoms with Gasteiger partial charge in [0, 0.05) is 18.2 Å². The fourth-order valence-corrected chi connectivity index (χ4v) is 4.02. The lowest BCUT2D eigenvalue weighted by atomic mass is 10.1. The fourth-order valence-electron chi connectivity index (χ4n) is 3.45. The van der Waals surface area contributed by atoms with Crippen molar-refractivity contribution in [1.82, 2.24) is 5.32 Å². The highest BCUT2D eigenvalue weighted by molar-refractivity contribution is 9.10. The summed E-state index contributed by atoms with van der Waals surface area (Å²) in [5, 5.41) is 21.4. The van der Waals surface area contributed by atoms with Gasteiger partial charge < -0.3 is 29.4 Å². The largest absolute Gasteiger partial charge is 0.497 e. The molecule has 0 aliphatic carbocycles. The number of amides is 1. The molecule has 0 radical (unpaired) electrons. The predicted octanol–water partition coefficient (Wildman–Crippen LogP) is 4.98. The monoisotopic (exact) mass is 580 g/mol. The minimum Gasteiger partial charge on any atom is -0.497 e. The molecule has 1 amide bonds. The van der Waals surface area contributed by atoms with E-state index in [-0.39, 0.29) is 24.3 Å². The molecule has 0 unspecified atom stereocenters. The van der Waals surface area contributed by atoms with Gasteiger partial charge in [-0.05, 0) is 69.5 Å². The summed E-state index contributed by atoms with van der Waals surface area (Å²) in [4.78, 5) is 23.8. The van der Waals surface area contributed by atoms with E-state index >= 15 is 0 Å². The summed E-state index contributed by atoms with van der Waals surface area (Å²) in [6, 6.07) is 16.8. The second-order valence-corrected chi connectivity index (χ2v) is 8.71. The molecule has 9 nitrogen and oxygen atoms in total. The first-order valence-corrected chi connectivity index (χ1v) is 12.0. The van der Waals surface area contributed by atoms with Crippen LogP contribution in [0.1, 0.15) is 27.0 Å². The summed E-state index contributed by atoms with van der Waals surface area (Å²) >= 11 is 3.46. The van der Waals surface area contributed by atoms with E-state index in [1.807, 2.05) is 6.07 Å². The number of nitrogens with one attached hydrogen (secondary N) is 1. The molecule has 3 aromatic rings. The quantitative estimate of drug-likeness (QED) is 0.240. The molecule has 0 aliphatic rings. The maximum atomic E-state index is 12.7. The lowest BCUT2D eigenvalue weighted by molar-refractivity contribution is -0.117. The first-order chi connectivity index (χ1) is 18.3. The van der Waals surface area contributed by atoms with Crippen molar-refractivity contribution in [3.05, 3.63) is 86.9 Å². The number of rotatable bonds is 11. The minimum absolute atomic E-state index is 0.0985. The molecule has 3 aromatic carbocycles. The molecule has 196 valence electrons. The van der Waals surface area contributed by atoms with E-state index in [0.29, 0.717) is 33.0 Å². The molecule has 0 saturated carbocycles. The Hall–Kier alpha value is -4.49. The van der Waals surface area contributed by atoms with Crippen LogP contribution < -0.4 is 24.3 Å². The van der Waals surface area contributed by atoms with Gasteiger partial charge in [-0.3, -0.25) is 4.79 Å². The van der Waals surface area contributed by atoms with Crippen LogP contribution in [0.4, 0.5) is 0 Å². The highest BCUT2D eigenvalue weighted by Crippen LogP contribution is 2.38. The molecule has 0 aromatic heterocycles. The lowest BCUT2D eigenvalue weighted by Gasteiger charge is -2.14. The number of halogens is 1. The number of ether oxygens (including phenoxy) is 4. The Kier molecular flexibility index (Phi) is 9.73. The smallest absolute Gasteiger partial charge is 0.335 e. The van der Waals surface area contributed by atoms with Crippen LogP contribution in [0, 0.1) is 11.3 Å². The van der Waals surface area contributed by atoms with Gasteiger partial charge in [0.2, 0.25) is 0 Å². The molecular weight excluding hydrogens is 556 g/mol. The van der Waals surface area contributed by atoms with E-state index in [4.69, 9.17) is 24.1 Å². The Morgan fingerprint density at radius 2 is 1.71 bits per heavy atom. The molecule has 0 heterocycles. The van der Waals surface area contributed by atoms with Gasteiger partial charge >= 0.3 is 5.97 Å². The predicted molar refractivity (Wildman–Crippen MR) is 143 cm³/mol. The van der Waals surface area contributed by atoms with Crippen molar-refractivity contribution in [3.8, 4) is 29.1 Å². The van der Waals surface area contributed by atoms with E-state index in [9.17, 15) is 14.9 Å². The number of hydrogen-bond donors (Lipinski definition) is 2. The third-order valence-electron chi connectivity index (χ3n) is 5.45. The number of carbonyl (C=O) groups excluding carboxylic acids is 1. The van der Waals surface area contributed by atoms with E-state index in [1.165, 1.54) is 32.4 Å². The molecule has 0 bridgehead atoms. The Morgan fingerprint density at radius 1 is 1.00 bits per heavy atom. The second-order valence-electron chi connectivity index (χ2n) is 7.86. The molecular formula is C28H25BrN2O7. The van der Waals surface area contributed by atoms with Crippen LogP contribution in [0.2, 0.25) is 0 Å². The van der Waals surface area contributed by atoms with Gasteiger partial charge in [0.1, 0.15) is 29.7 Å². The Labute approximate surface area is 228 Å². The fraction of sp³-hybridized carbons (Fsp3) is 0.179. The van der Waals surface area contributed by atoms with Crippen LogP contribution >= 0.6 is 15.9 Å². The van der Waals surface area contributed by atoms with Gasteiger partial charge in [0.05, 0.1) is 31.4 Å². The maximum absolute atomic E-state index is 12.7. The zero-order valence-corrected chi connectivity index (χ0v) is 22.5. The van der Waals surface area contributed by atoms with E-state index in [0.717, 1.165) is 11.1 Å². The normalized spacial score (nSPS) is 10.8. The highest BCUT2D eigenvalue weighted by atomic mass is 79.9. The van der Waals surface area contributed by atoms with Crippen molar-refractivity contribution in [2.75, 3.05) is 21.3 Å². The first kappa shape index (κ1) is 28.1. The minimum atomic E-state index is -1.00. The average Bonchev–Trinajstić information content (AvgIpc) is 2.93. The van der Waals surface area contributed by atoms with Crippen LogP contribution in [0.15, 0.2) is 64.6 Å². The number of hydrogen-bond acceptors (Lipinski definition) is 7. The van der Waals surface area contributed by atoms with Gasteiger partial charge in [0.15, 0.2) is 11.5 Å².